The first-order valence-corrected chi connectivity index (χ1v) is 8.30. The predicted octanol–water partition coefficient (Wildman–Crippen LogP) is 3.67. The molecule has 0 aliphatic carbocycles. The summed E-state index contributed by atoms with van der Waals surface area (Å²) < 4.78 is 10.6. The number of ether oxygens (including phenoxy) is 2. The molecule has 7 heteroatoms. The highest BCUT2D eigenvalue weighted by Crippen LogP contribution is 2.35. The Morgan fingerprint density at radius 3 is 2.96 bits per heavy atom. The van der Waals surface area contributed by atoms with Gasteiger partial charge in [0.05, 0.1) is 17.3 Å². The molecule has 0 fully saturated rings. The molecule has 1 aliphatic heterocycles. The number of carbonyl (C=O) groups is 2. The van der Waals surface area contributed by atoms with Crippen LogP contribution in [0.3, 0.4) is 0 Å². The van der Waals surface area contributed by atoms with E-state index < -0.39 is 0 Å². The second-order valence-corrected chi connectivity index (χ2v) is 5.94. The SMILES string of the molecule is CCOc1cc(C=CC(=O)c2ccc3c(c2)NC(=O)CO3)cc(Cl)c1O. The van der Waals surface area contributed by atoms with E-state index in [2.05, 4.69) is 5.32 Å². The molecule has 1 amide bonds. The molecular formula is C19H16ClNO5. The summed E-state index contributed by atoms with van der Waals surface area (Å²) in [5.74, 6) is 0.120. The van der Waals surface area contributed by atoms with Gasteiger partial charge < -0.3 is 19.9 Å². The molecule has 1 aliphatic rings. The van der Waals surface area contributed by atoms with E-state index in [9.17, 15) is 14.7 Å². The molecule has 2 aromatic carbocycles. The summed E-state index contributed by atoms with van der Waals surface area (Å²) in [6, 6.07) is 7.95. The van der Waals surface area contributed by atoms with E-state index in [1.807, 2.05) is 0 Å². The largest absolute Gasteiger partial charge is 0.503 e. The maximum absolute atomic E-state index is 12.4. The van der Waals surface area contributed by atoms with E-state index in [-0.39, 0.29) is 34.8 Å². The summed E-state index contributed by atoms with van der Waals surface area (Å²) in [5.41, 5.74) is 1.48. The van der Waals surface area contributed by atoms with Crippen molar-refractivity contribution >= 4 is 35.1 Å². The zero-order valence-corrected chi connectivity index (χ0v) is 14.7. The molecule has 1 heterocycles. The lowest BCUT2D eigenvalue weighted by Gasteiger charge is -2.17. The Hall–Kier alpha value is -2.99. The summed E-state index contributed by atoms with van der Waals surface area (Å²) in [5, 5.41) is 12.6. The molecule has 3 rings (SSSR count). The van der Waals surface area contributed by atoms with Crippen LogP contribution >= 0.6 is 11.6 Å². The molecule has 0 saturated carbocycles. The van der Waals surface area contributed by atoms with Crippen molar-refractivity contribution in [3.63, 3.8) is 0 Å². The number of anilines is 1. The van der Waals surface area contributed by atoms with Crippen molar-refractivity contribution in [1.82, 2.24) is 0 Å². The molecule has 0 atom stereocenters. The van der Waals surface area contributed by atoms with Gasteiger partial charge in [0, 0.05) is 5.56 Å². The third-order valence-electron chi connectivity index (χ3n) is 3.67. The number of rotatable bonds is 5. The van der Waals surface area contributed by atoms with E-state index in [1.165, 1.54) is 12.1 Å². The number of halogens is 1. The van der Waals surface area contributed by atoms with Crippen molar-refractivity contribution in [3.05, 3.63) is 52.6 Å². The number of nitrogens with one attached hydrogen (secondary N) is 1. The number of carbonyl (C=O) groups excluding carboxylic acids is 2. The van der Waals surface area contributed by atoms with Gasteiger partial charge in [-0.25, -0.2) is 0 Å². The van der Waals surface area contributed by atoms with Gasteiger partial charge in [-0.1, -0.05) is 17.7 Å². The topological polar surface area (TPSA) is 84.9 Å². The highest BCUT2D eigenvalue weighted by atomic mass is 35.5. The second-order valence-electron chi connectivity index (χ2n) is 5.53. The van der Waals surface area contributed by atoms with Gasteiger partial charge in [0.25, 0.3) is 5.91 Å². The molecule has 0 saturated heterocycles. The smallest absolute Gasteiger partial charge is 0.262 e. The van der Waals surface area contributed by atoms with Crippen LogP contribution in [0.25, 0.3) is 6.08 Å². The van der Waals surface area contributed by atoms with Gasteiger partial charge in [-0.3, -0.25) is 9.59 Å². The highest BCUT2D eigenvalue weighted by Gasteiger charge is 2.17. The van der Waals surface area contributed by atoms with Crippen LogP contribution in [0.4, 0.5) is 5.69 Å². The number of ketones is 1. The van der Waals surface area contributed by atoms with E-state index in [4.69, 9.17) is 21.1 Å². The van der Waals surface area contributed by atoms with Crippen LogP contribution in [0.15, 0.2) is 36.4 Å². The Labute approximate surface area is 155 Å². The fraction of sp³-hybridized carbons (Fsp3) is 0.158. The van der Waals surface area contributed by atoms with Crippen LogP contribution in [0.2, 0.25) is 5.02 Å². The first-order valence-electron chi connectivity index (χ1n) is 7.92. The van der Waals surface area contributed by atoms with Crippen molar-refractivity contribution < 1.29 is 24.2 Å². The average Bonchev–Trinajstić information content (AvgIpc) is 2.63. The maximum Gasteiger partial charge on any atom is 0.262 e. The van der Waals surface area contributed by atoms with E-state index in [1.54, 1.807) is 37.3 Å². The third kappa shape index (κ3) is 3.81. The number of phenols is 1. The Morgan fingerprint density at radius 2 is 2.19 bits per heavy atom. The lowest BCUT2D eigenvalue weighted by atomic mass is 10.1. The van der Waals surface area contributed by atoms with Crippen molar-refractivity contribution in [1.29, 1.82) is 0 Å². The normalized spacial score (nSPS) is 13.1. The number of fused-ring (bicyclic) bond motifs is 1. The summed E-state index contributed by atoms with van der Waals surface area (Å²) in [4.78, 5) is 23.8. The molecule has 2 aromatic rings. The number of amides is 1. The number of aromatic hydroxyl groups is 1. The minimum Gasteiger partial charge on any atom is -0.503 e. The fourth-order valence-corrected chi connectivity index (χ4v) is 2.68. The summed E-state index contributed by atoms with van der Waals surface area (Å²) in [6.45, 7) is 2.13. The number of allylic oxidation sites excluding steroid dienone is 1. The van der Waals surface area contributed by atoms with Crippen LogP contribution in [-0.4, -0.2) is 30.0 Å². The Bertz CT molecular complexity index is 907. The van der Waals surface area contributed by atoms with Gasteiger partial charge in [-0.2, -0.15) is 0 Å². The quantitative estimate of drug-likeness (QED) is 0.617. The minimum atomic E-state index is -0.264. The van der Waals surface area contributed by atoms with Gasteiger partial charge in [0.15, 0.2) is 23.9 Å². The number of phenolic OH excluding ortho intramolecular Hbond substituents is 1. The van der Waals surface area contributed by atoms with Gasteiger partial charge in [0.2, 0.25) is 0 Å². The van der Waals surface area contributed by atoms with Crippen molar-refractivity contribution in [2.75, 3.05) is 18.5 Å². The first kappa shape index (κ1) is 17.8. The predicted molar refractivity (Wildman–Crippen MR) is 98.2 cm³/mol. The molecule has 26 heavy (non-hydrogen) atoms. The number of hydrogen-bond acceptors (Lipinski definition) is 5. The molecule has 0 radical (unpaired) electrons. The lowest BCUT2D eigenvalue weighted by Crippen LogP contribution is -2.25. The van der Waals surface area contributed by atoms with Gasteiger partial charge in [-0.15, -0.1) is 0 Å². The van der Waals surface area contributed by atoms with E-state index in [0.717, 1.165) is 0 Å². The Morgan fingerprint density at radius 1 is 1.38 bits per heavy atom. The summed E-state index contributed by atoms with van der Waals surface area (Å²) in [7, 11) is 0. The summed E-state index contributed by atoms with van der Waals surface area (Å²) >= 11 is 5.98. The van der Waals surface area contributed by atoms with Gasteiger partial charge >= 0.3 is 0 Å². The van der Waals surface area contributed by atoms with Gasteiger partial charge in [0.1, 0.15) is 5.75 Å². The standard InChI is InChI=1S/C19H16ClNO5/c1-2-25-17-8-11(7-13(20)19(17)24)3-5-15(22)12-4-6-16-14(9-12)21-18(23)10-26-16/h3-9,24H,2,10H2,1H3,(H,21,23). The molecule has 0 aromatic heterocycles. The highest BCUT2D eigenvalue weighted by molar-refractivity contribution is 6.32. The van der Waals surface area contributed by atoms with Crippen LogP contribution in [0, 0.1) is 0 Å². The van der Waals surface area contributed by atoms with Crippen molar-refractivity contribution in [2.45, 2.75) is 6.92 Å². The minimum absolute atomic E-state index is 0.0377. The zero-order valence-electron chi connectivity index (χ0n) is 13.9. The van der Waals surface area contributed by atoms with Crippen molar-refractivity contribution in [3.8, 4) is 17.2 Å². The first-order chi connectivity index (χ1) is 12.5. The fourth-order valence-electron chi connectivity index (χ4n) is 2.46. The molecule has 134 valence electrons. The Kier molecular flexibility index (Phi) is 5.14. The molecule has 0 spiro atoms. The number of hydrogen-bond donors (Lipinski definition) is 2. The monoisotopic (exact) mass is 373 g/mol. The van der Waals surface area contributed by atoms with Crippen LogP contribution in [-0.2, 0) is 4.79 Å². The third-order valence-corrected chi connectivity index (χ3v) is 3.96. The molecule has 0 unspecified atom stereocenters. The molecular weight excluding hydrogens is 358 g/mol. The van der Waals surface area contributed by atoms with Crippen LogP contribution in [0.1, 0.15) is 22.8 Å². The Balaban J connectivity index is 1.82. The lowest BCUT2D eigenvalue weighted by molar-refractivity contribution is -0.118. The summed E-state index contributed by atoms with van der Waals surface area (Å²) in [6.07, 6.45) is 2.95. The molecule has 0 bridgehead atoms. The van der Waals surface area contributed by atoms with Crippen LogP contribution < -0.4 is 14.8 Å². The van der Waals surface area contributed by atoms with Gasteiger partial charge in [-0.05, 0) is 48.9 Å². The average molecular weight is 374 g/mol. The van der Waals surface area contributed by atoms with E-state index in [0.29, 0.717) is 29.2 Å². The van der Waals surface area contributed by atoms with Crippen LogP contribution in [0.5, 0.6) is 17.2 Å². The molecule has 6 nitrogen and oxygen atoms in total. The zero-order chi connectivity index (χ0) is 18.7. The van der Waals surface area contributed by atoms with E-state index >= 15 is 0 Å². The second kappa shape index (κ2) is 7.49. The number of benzene rings is 2. The molecule has 2 N–H and O–H groups in total. The maximum atomic E-state index is 12.4. The van der Waals surface area contributed by atoms with Crippen molar-refractivity contribution in [2.24, 2.45) is 0 Å².